The van der Waals surface area contributed by atoms with Crippen LogP contribution in [0.25, 0.3) is 0 Å². The molecule has 226 valence electrons. The van der Waals surface area contributed by atoms with Crippen LogP contribution in [0, 0.1) is 5.92 Å². The van der Waals surface area contributed by atoms with Gasteiger partial charge in [-0.25, -0.2) is 8.42 Å². The van der Waals surface area contributed by atoms with Gasteiger partial charge in [0, 0.05) is 30.6 Å². The van der Waals surface area contributed by atoms with Gasteiger partial charge in [-0.1, -0.05) is 74.0 Å². The Balaban J connectivity index is 2.11. The standard InChI is InChI=1S/C31H38ClN3O6S/c1-22(2)19-33-31(37)28(17-23-11-7-6-8-12-23)34(20-24-13-9-10-14-26(24)32)30(36)21-35(42(5,38)39)27-18-25(40-3)15-16-29(27)41-4/h6-16,18,22,28H,17,19-21H2,1-5H3,(H,33,37)/t28-/m0/s1. The van der Waals surface area contributed by atoms with Crippen molar-refractivity contribution in [1.29, 1.82) is 0 Å². The van der Waals surface area contributed by atoms with Crippen molar-refractivity contribution >= 4 is 39.1 Å². The van der Waals surface area contributed by atoms with Crippen LogP contribution < -0.4 is 19.1 Å². The highest BCUT2D eigenvalue weighted by Crippen LogP contribution is 2.34. The highest BCUT2D eigenvalue weighted by Gasteiger charge is 2.34. The predicted octanol–water partition coefficient (Wildman–Crippen LogP) is 4.54. The van der Waals surface area contributed by atoms with Crippen LogP contribution in [-0.4, -0.2) is 64.7 Å². The number of benzene rings is 3. The topological polar surface area (TPSA) is 105 Å². The Labute approximate surface area is 253 Å². The van der Waals surface area contributed by atoms with Crippen molar-refractivity contribution in [2.75, 3.05) is 37.9 Å². The molecule has 0 spiro atoms. The third-order valence-corrected chi connectivity index (χ3v) is 8.08. The van der Waals surface area contributed by atoms with Crippen LogP contribution in [0.5, 0.6) is 11.5 Å². The second-order valence-electron chi connectivity index (χ2n) is 10.3. The molecule has 0 saturated heterocycles. The molecule has 11 heteroatoms. The summed E-state index contributed by atoms with van der Waals surface area (Å²) in [7, 11) is -1.12. The van der Waals surface area contributed by atoms with Crippen molar-refractivity contribution in [3.05, 3.63) is 88.9 Å². The molecule has 0 aromatic heterocycles. The second kappa shape index (κ2) is 14.9. The number of rotatable bonds is 14. The molecule has 1 N–H and O–H groups in total. The van der Waals surface area contributed by atoms with E-state index in [9.17, 15) is 18.0 Å². The van der Waals surface area contributed by atoms with Gasteiger partial charge in [-0.2, -0.15) is 0 Å². The quantitative estimate of drug-likeness (QED) is 0.286. The van der Waals surface area contributed by atoms with E-state index in [1.807, 2.05) is 44.2 Å². The van der Waals surface area contributed by atoms with Gasteiger partial charge in [0.05, 0.1) is 26.2 Å². The highest BCUT2D eigenvalue weighted by molar-refractivity contribution is 7.92. The minimum atomic E-state index is -3.99. The number of anilines is 1. The zero-order chi connectivity index (χ0) is 30.9. The van der Waals surface area contributed by atoms with E-state index in [4.69, 9.17) is 21.1 Å². The number of nitrogens with one attached hydrogen (secondary N) is 1. The molecule has 3 rings (SSSR count). The van der Waals surface area contributed by atoms with E-state index in [0.717, 1.165) is 16.1 Å². The Hall–Kier alpha value is -3.76. The van der Waals surface area contributed by atoms with Gasteiger partial charge in [0.1, 0.15) is 24.1 Å². The van der Waals surface area contributed by atoms with Gasteiger partial charge in [-0.3, -0.25) is 13.9 Å². The van der Waals surface area contributed by atoms with Crippen molar-refractivity contribution in [2.45, 2.75) is 32.9 Å². The van der Waals surface area contributed by atoms with Gasteiger partial charge in [-0.05, 0) is 35.2 Å². The number of halogens is 1. The zero-order valence-corrected chi connectivity index (χ0v) is 26.1. The molecule has 2 amide bonds. The molecular weight excluding hydrogens is 578 g/mol. The lowest BCUT2D eigenvalue weighted by atomic mass is 10.0. The average molecular weight is 616 g/mol. The van der Waals surface area contributed by atoms with Crippen molar-refractivity contribution in [3.63, 3.8) is 0 Å². The smallest absolute Gasteiger partial charge is 0.244 e. The number of hydrogen-bond donors (Lipinski definition) is 1. The number of hydrogen-bond acceptors (Lipinski definition) is 6. The number of carbonyl (C=O) groups excluding carboxylic acids is 2. The first-order chi connectivity index (χ1) is 19.9. The molecule has 0 heterocycles. The monoisotopic (exact) mass is 615 g/mol. The lowest BCUT2D eigenvalue weighted by Gasteiger charge is -2.34. The minimum absolute atomic E-state index is 0.0159. The molecule has 3 aromatic carbocycles. The predicted molar refractivity (Wildman–Crippen MR) is 166 cm³/mol. The van der Waals surface area contributed by atoms with Gasteiger partial charge in [0.2, 0.25) is 21.8 Å². The van der Waals surface area contributed by atoms with Crippen molar-refractivity contribution in [2.24, 2.45) is 5.92 Å². The van der Waals surface area contributed by atoms with Crippen LogP contribution in [-0.2, 0) is 32.6 Å². The van der Waals surface area contributed by atoms with E-state index in [0.29, 0.717) is 22.9 Å². The lowest BCUT2D eigenvalue weighted by Crippen LogP contribution is -2.53. The zero-order valence-electron chi connectivity index (χ0n) is 24.5. The molecular formula is C31H38ClN3O6S. The Kier molecular flexibility index (Phi) is 11.6. The molecule has 0 unspecified atom stereocenters. The fourth-order valence-corrected chi connectivity index (χ4v) is 5.41. The Morgan fingerprint density at radius 3 is 2.21 bits per heavy atom. The first-order valence-electron chi connectivity index (χ1n) is 13.5. The summed E-state index contributed by atoms with van der Waals surface area (Å²) in [6, 6.07) is 20.1. The van der Waals surface area contributed by atoms with Crippen LogP contribution in [0.1, 0.15) is 25.0 Å². The van der Waals surface area contributed by atoms with E-state index in [2.05, 4.69) is 5.32 Å². The SMILES string of the molecule is COc1ccc(OC)c(N(CC(=O)N(Cc2ccccc2Cl)[C@@H](Cc2ccccc2)C(=O)NCC(C)C)S(C)(=O)=O)c1. The normalized spacial score (nSPS) is 12.0. The third-order valence-electron chi connectivity index (χ3n) is 6.59. The first-order valence-corrected chi connectivity index (χ1v) is 15.7. The van der Waals surface area contributed by atoms with Crippen molar-refractivity contribution in [3.8, 4) is 11.5 Å². The first kappa shape index (κ1) is 32.8. The molecule has 0 aliphatic heterocycles. The molecule has 1 atom stereocenters. The maximum Gasteiger partial charge on any atom is 0.244 e. The second-order valence-corrected chi connectivity index (χ2v) is 12.6. The summed E-state index contributed by atoms with van der Waals surface area (Å²) >= 11 is 6.49. The lowest BCUT2D eigenvalue weighted by molar-refractivity contribution is -0.140. The summed E-state index contributed by atoms with van der Waals surface area (Å²) in [6.45, 7) is 3.76. The van der Waals surface area contributed by atoms with Crippen molar-refractivity contribution in [1.82, 2.24) is 10.2 Å². The van der Waals surface area contributed by atoms with Crippen molar-refractivity contribution < 1.29 is 27.5 Å². The summed E-state index contributed by atoms with van der Waals surface area (Å²) in [6.07, 6.45) is 1.22. The Morgan fingerprint density at radius 1 is 0.952 bits per heavy atom. The van der Waals surface area contributed by atoms with Gasteiger partial charge in [0.25, 0.3) is 0 Å². The number of nitrogens with zero attached hydrogens (tertiary/aromatic N) is 2. The van der Waals surface area contributed by atoms with Gasteiger partial charge >= 0.3 is 0 Å². The van der Waals surface area contributed by atoms with Crippen LogP contribution in [0.15, 0.2) is 72.8 Å². The molecule has 9 nitrogen and oxygen atoms in total. The number of ether oxygens (including phenoxy) is 2. The third kappa shape index (κ3) is 8.87. The Morgan fingerprint density at radius 2 is 1.62 bits per heavy atom. The Bertz CT molecular complexity index is 1470. The summed E-state index contributed by atoms with van der Waals surface area (Å²) in [5.41, 5.74) is 1.59. The minimum Gasteiger partial charge on any atom is -0.497 e. The maximum absolute atomic E-state index is 14.2. The maximum atomic E-state index is 14.2. The van der Waals surface area contributed by atoms with Crippen LogP contribution >= 0.6 is 11.6 Å². The largest absolute Gasteiger partial charge is 0.497 e. The molecule has 0 aliphatic rings. The summed E-state index contributed by atoms with van der Waals surface area (Å²) in [5.74, 6) is -0.138. The highest BCUT2D eigenvalue weighted by atomic mass is 35.5. The molecule has 3 aromatic rings. The van der Waals surface area contributed by atoms with Gasteiger partial charge < -0.3 is 19.7 Å². The van der Waals surface area contributed by atoms with Crippen LogP contribution in [0.3, 0.4) is 0 Å². The molecule has 0 aliphatic carbocycles. The number of methoxy groups -OCH3 is 2. The molecule has 42 heavy (non-hydrogen) atoms. The molecule has 0 radical (unpaired) electrons. The number of amides is 2. The summed E-state index contributed by atoms with van der Waals surface area (Å²) < 4.78 is 37.9. The fraction of sp³-hybridized carbons (Fsp3) is 0.355. The average Bonchev–Trinajstić information content (AvgIpc) is 2.96. The number of sulfonamides is 1. The summed E-state index contributed by atoms with van der Waals surface area (Å²) in [5, 5.41) is 3.37. The van der Waals surface area contributed by atoms with E-state index < -0.39 is 28.5 Å². The molecule has 0 bridgehead atoms. The molecule has 0 saturated carbocycles. The van der Waals surface area contributed by atoms with E-state index in [1.165, 1.54) is 25.2 Å². The van der Waals surface area contributed by atoms with Gasteiger partial charge in [-0.15, -0.1) is 0 Å². The van der Waals surface area contributed by atoms with E-state index in [1.54, 1.807) is 36.4 Å². The number of carbonyl (C=O) groups is 2. The van der Waals surface area contributed by atoms with Gasteiger partial charge in [0.15, 0.2) is 0 Å². The van der Waals surface area contributed by atoms with E-state index >= 15 is 0 Å². The van der Waals surface area contributed by atoms with Crippen LogP contribution in [0.2, 0.25) is 5.02 Å². The summed E-state index contributed by atoms with van der Waals surface area (Å²) in [4.78, 5) is 29.3. The molecule has 0 fully saturated rings. The fourth-order valence-electron chi connectivity index (χ4n) is 4.37. The van der Waals surface area contributed by atoms with E-state index in [-0.39, 0.29) is 36.2 Å². The van der Waals surface area contributed by atoms with Crippen LogP contribution in [0.4, 0.5) is 5.69 Å².